The fraction of sp³-hybridized carbons (Fsp3) is 0.308. The number of nitrogens with zero attached hydrogens (tertiary/aromatic N) is 3. The summed E-state index contributed by atoms with van der Waals surface area (Å²) in [7, 11) is 0. The van der Waals surface area contributed by atoms with Crippen LogP contribution in [0.15, 0.2) is 36.5 Å². The van der Waals surface area contributed by atoms with E-state index >= 15 is 0 Å². The fourth-order valence-corrected chi connectivity index (χ4v) is 1.73. The van der Waals surface area contributed by atoms with Gasteiger partial charge < -0.3 is 15.5 Å². The lowest BCUT2D eigenvalue weighted by Crippen LogP contribution is -2.25. The molecule has 1 aromatic heterocycles. The summed E-state index contributed by atoms with van der Waals surface area (Å²) in [4.78, 5) is 10.6. The van der Waals surface area contributed by atoms with Crippen molar-refractivity contribution in [3.63, 3.8) is 0 Å². The van der Waals surface area contributed by atoms with E-state index in [1.165, 1.54) is 10.9 Å². The smallest absolute Gasteiger partial charge is 0.358 e. The number of aromatic nitrogens is 3. The summed E-state index contributed by atoms with van der Waals surface area (Å²) in [5.41, 5.74) is 0.781. The largest absolute Gasteiger partial charge is 0.476 e. The maximum atomic E-state index is 10.6. The van der Waals surface area contributed by atoms with Crippen LogP contribution in [-0.2, 0) is 6.54 Å². The first kappa shape index (κ1) is 14.2. The third-order valence-corrected chi connectivity index (χ3v) is 2.80. The van der Waals surface area contributed by atoms with Gasteiger partial charge in [-0.2, -0.15) is 0 Å². The van der Waals surface area contributed by atoms with Crippen molar-refractivity contribution in [2.45, 2.75) is 12.6 Å². The number of carboxylic acids is 1. The lowest BCUT2D eigenvalue weighted by atomic mass is 10.1. The minimum atomic E-state index is -1.09. The quantitative estimate of drug-likeness (QED) is 0.629. The van der Waals surface area contributed by atoms with E-state index in [0.717, 1.165) is 5.56 Å². The van der Waals surface area contributed by atoms with Crippen LogP contribution in [0.5, 0.6) is 0 Å². The normalized spacial score (nSPS) is 12.2. The number of aromatic carboxylic acids is 1. The van der Waals surface area contributed by atoms with Crippen molar-refractivity contribution in [3.8, 4) is 0 Å². The number of nitrogens with one attached hydrogen (secondary N) is 1. The second kappa shape index (κ2) is 6.78. The molecule has 0 fully saturated rings. The first-order chi connectivity index (χ1) is 9.66. The molecule has 0 saturated carbocycles. The SMILES string of the molecule is O=C(O)c1cn(CCNCC(O)c2ccccc2)nn1. The van der Waals surface area contributed by atoms with Crippen LogP contribution >= 0.6 is 0 Å². The number of hydrogen-bond donors (Lipinski definition) is 3. The number of carboxylic acid groups (broad SMARTS) is 1. The zero-order valence-corrected chi connectivity index (χ0v) is 10.8. The molecular weight excluding hydrogens is 260 g/mol. The summed E-state index contributed by atoms with van der Waals surface area (Å²) < 4.78 is 1.45. The van der Waals surface area contributed by atoms with Crippen molar-refractivity contribution in [3.05, 3.63) is 47.8 Å². The Morgan fingerprint density at radius 2 is 2.10 bits per heavy atom. The van der Waals surface area contributed by atoms with Crippen molar-refractivity contribution in [1.29, 1.82) is 0 Å². The molecule has 106 valence electrons. The van der Waals surface area contributed by atoms with Gasteiger partial charge in [0.25, 0.3) is 0 Å². The predicted octanol–water partition coefficient (Wildman–Crippen LogP) is 0.299. The van der Waals surface area contributed by atoms with Gasteiger partial charge in [-0.15, -0.1) is 5.10 Å². The molecule has 20 heavy (non-hydrogen) atoms. The maximum absolute atomic E-state index is 10.6. The minimum Gasteiger partial charge on any atom is -0.476 e. The van der Waals surface area contributed by atoms with Crippen molar-refractivity contribution < 1.29 is 15.0 Å². The topological polar surface area (TPSA) is 100 Å². The Labute approximate surface area is 115 Å². The Balaban J connectivity index is 1.72. The molecule has 0 bridgehead atoms. The zero-order valence-electron chi connectivity index (χ0n) is 10.8. The molecule has 1 atom stereocenters. The summed E-state index contributed by atoms with van der Waals surface area (Å²) >= 11 is 0. The summed E-state index contributed by atoms with van der Waals surface area (Å²) in [5.74, 6) is -1.09. The van der Waals surface area contributed by atoms with E-state index in [2.05, 4.69) is 15.6 Å². The molecule has 0 aliphatic carbocycles. The lowest BCUT2D eigenvalue weighted by molar-refractivity contribution is 0.0690. The third kappa shape index (κ3) is 3.87. The molecule has 0 aliphatic heterocycles. The second-order valence-electron chi connectivity index (χ2n) is 4.30. The van der Waals surface area contributed by atoms with Crippen LogP contribution in [0, 0.1) is 0 Å². The van der Waals surface area contributed by atoms with Gasteiger partial charge in [-0.3, -0.25) is 4.68 Å². The van der Waals surface area contributed by atoms with Crippen LogP contribution in [0.3, 0.4) is 0 Å². The molecule has 0 spiro atoms. The average Bonchev–Trinajstić information content (AvgIpc) is 2.93. The number of aliphatic hydroxyl groups excluding tert-OH is 1. The molecule has 0 saturated heterocycles. The molecule has 3 N–H and O–H groups in total. The molecule has 0 radical (unpaired) electrons. The Bertz CT molecular complexity index is 556. The van der Waals surface area contributed by atoms with Gasteiger partial charge >= 0.3 is 5.97 Å². The van der Waals surface area contributed by atoms with Crippen LogP contribution in [0.4, 0.5) is 0 Å². The Hall–Kier alpha value is -2.25. The Kier molecular flexibility index (Phi) is 4.80. The van der Waals surface area contributed by atoms with Crippen LogP contribution in [-0.4, -0.2) is 44.3 Å². The molecule has 2 aromatic rings. The highest BCUT2D eigenvalue weighted by atomic mass is 16.4. The second-order valence-corrected chi connectivity index (χ2v) is 4.30. The molecule has 2 rings (SSSR count). The third-order valence-electron chi connectivity index (χ3n) is 2.80. The van der Waals surface area contributed by atoms with Crippen LogP contribution in [0.25, 0.3) is 0 Å². The minimum absolute atomic E-state index is 0.0747. The molecule has 1 aromatic carbocycles. The van der Waals surface area contributed by atoms with E-state index in [0.29, 0.717) is 19.6 Å². The summed E-state index contributed by atoms with van der Waals surface area (Å²) in [6, 6.07) is 9.38. The van der Waals surface area contributed by atoms with Gasteiger partial charge in [-0.05, 0) is 5.56 Å². The van der Waals surface area contributed by atoms with Gasteiger partial charge in [0.15, 0.2) is 5.69 Å². The van der Waals surface area contributed by atoms with Gasteiger partial charge in [0.05, 0.1) is 18.8 Å². The van der Waals surface area contributed by atoms with E-state index in [1.54, 1.807) is 0 Å². The van der Waals surface area contributed by atoms with E-state index < -0.39 is 12.1 Å². The van der Waals surface area contributed by atoms with Gasteiger partial charge in [0, 0.05) is 13.1 Å². The number of aliphatic hydroxyl groups is 1. The van der Waals surface area contributed by atoms with Crippen molar-refractivity contribution in [1.82, 2.24) is 20.3 Å². The van der Waals surface area contributed by atoms with Crippen LogP contribution < -0.4 is 5.32 Å². The number of carbonyl (C=O) groups is 1. The molecular formula is C13H16N4O3. The molecule has 0 amide bonds. The summed E-state index contributed by atoms with van der Waals surface area (Å²) in [6.45, 7) is 1.47. The van der Waals surface area contributed by atoms with Crippen molar-refractivity contribution >= 4 is 5.97 Å². The van der Waals surface area contributed by atoms with Crippen molar-refractivity contribution in [2.75, 3.05) is 13.1 Å². The van der Waals surface area contributed by atoms with Gasteiger partial charge in [-0.25, -0.2) is 4.79 Å². The summed E-state index contributed by atoms with van der Waals surface area (Å²) in [6.07, 6.45) is 0.805. The predicted molar refractivity (Wildman–Crippen MR) is 71.3 cm³/mol. The van der Waals surface area contributed by atoms with Crippen LogP contribution in [0.1, 0.15) is 22.2 Å². The highest BCUT2D eigenvalue weighted by Crippen LogP contribution is 2.10. The Morgan fingerprint density at radius 1 is 1.35 bits per heavy atom. The number of rotatable bonds is 7. The monoisotopic (exact) mass is 276 g/mol. The lowest BCUT2D eigenvalue weighted by Gasteiger charge is -2.11. The Morgan fingerprint density at radius 3 is 2.75 bits per heavy atom. The standard InChI is InChI=1S/C13H16N4O3/c18-12(10-4-2-1-3-5-10)8-14-6-7-17-9-11(13(19)20)15-16-17/h1-5,9,12,14,18H,6-8H2,(H,19,20). The van der Waals surface area contributed by atoms with Gasteiger partial charge in [-0.1, -0.05) is 35.5 Å². The van der Waals surface area contributed by atoms with Crippen molar-refractivity contribution in [2.24, 2.45) is 0 Å². The molecule has 1 unspecified atom stereocenters. The molecule has 1 heterocycles. The highest BCUT2D eigenvalue weighted by Gasteiger charge is 2.08. The van der Waals surface area contributed by atoms with E-state index in [-0.39, 0.29) is 5.69 Å². The first-order valence-corrected chi connectivity index (χ1v) is 6.24. The molecule has 7 heteroatoms. The van der Waals surface area contributed by atoms with E-state index in [1.807, 2.05) is 30.3 Å². The molecule has 7 nitrogen and oxygen atoms in total. The first-order valence-electron chi connectivity index (χ1n) is 6.24. The average molecular weight is 276 g/mol. The fourth-order valence-electron chi connectivity index (χ4n) is 1.73. The number of hydrogen-bond acceptors (Lipinski definition) is 5. The highest BCUT2D eigenvalue weighted by molar-refractivity contribution is 5.84. The van der Waals surface area contributed by atoms with E-state index in [9.17, 15) is 9.90 Å². The zero-order chi connectivity index (χ0) is 14.4. The van der Waals surface area contributed by atoms with Gasteiger partial charge in [0.2, 0.25) is 0 Å². The van der Waals surface area contributed by atoms with Gasteiger partial charge in [0.1, 0.15) is 0 Å². The maximum Gasteiger partial charge on any atom is 0.358 e. The van der Waals surface area contributed by atoms with E-state index in [4.69, 9.17) is 5.11 Å². The van der Waals surface area contributed by atoms with Crippen LogP contribution in [0.2, 0.25) is 0 Å². The molecule has 0 aliphatic rings. The number of benzene rings is 1. The summed E-state index contributed by atoms with van der Waals surface area (Å²) in [5, 5.41) is 28.9.